The summed E-state index contributed by atoms with van der Waals surface area (Å²) in [6.07, 6.45) is 0.108. The number of carboxylic acid groups (broad SMARTS) is 1. The fraction of sp³-hybridized carbons (Fsp3) is 0.250. The maximum atomic E-state index is 11.8. The van der Waals surface area contributed by atoms with Crippen LogP contribution in [0.15, 0.2) is 23.0 Å². The number of para-hydroxylation sites is 1. The van der Waals surface area contributed by atoms with E-state index in [1.165, 1.54) is 17.7 Å². The van der Waals surface area contributed by atoms with E-state index in [9.17, 15) is 14.4 Å². The molecule has 2 rings (SSSR count). The first-order valence-corrected chi connectivity index (χ1v) is 5.70. The van der Waals surface area contributed by atoms with Crippen LogP contribution in [0.1, 0.15) is 16.8 Å². The van der Waals surface area contributed by atoms with Crippen molar-refractivity contribution in [1.82, 2.24) is 14.9 Å². The number of hydrogen-bond acceptors (Lipinski definition) is 3. The summed E-state index contributed by atoms with van der Waals surface area (Å²) in [5.41, 5.74) is 0.367. The molecule has 1 aromatic heterocycles. The smallest absolute Gasteiger partial charge is 0.337 e. The molecule has 19 heavy (non-hydrogen) atoms. The van der Waals surface area contributed by atoms with Crippen LogP contribution >= 0.6 is 0 Å². The number of carbonyl (C=O) groups excluding carboxylic acids is 1. The van der Waals surface area contributed by atoms with Gasteiger partial charge in [-0.25, -0.2) is 9.59 Å². The quantitative estimate of drug-likeness (QED) is 0.731. The lowest BCUT2D eigenvalue weighted by molar-refractivity contribution is -0.120. The number of nitrogens with one attached hydrogen (secondary N) is 2. The fourth-order valence-corrected chi connectivity index (χ4v) is 1.94. The first kappa shape index (κ1) is 12.9. The van der Waals surface area contributed by atoms with Crippen LogP contribution in [0.5, 0.6) is 0 Å². The van der Waals surface area contributed by atoms with Crippen molar-refractivity contribution in [3.05, 3.63) is 34.2 Å². The largest absolute Gasteiger partial charge is 0.478 e. The monoisotopic (exact) mass is 263 g/mol. The number of imidazole rings is 1. The molecular formula is C12H13N3O4. The van der Waals surface area contributed by atoms with Gasteiger partial charge in [0, 0.05) is 20.0 Å². The van der Waals surface area contributed by atoms with Crippen LogP contribution in [0, 0.1) is 0 Å². The molecule has 0 bridgehead atoms. The molecule has 7 heteroatoms. The van der Waals surface area contributed by atoms with E-state index in [-0.39, 0.29) is 24.4 Å². The number of aryl methyl sites for hydroxylation is 1. The molecule has 7 nitrogen and oxygen atoms in total. The molecule has 0 aliphatic heterocycles. The molecule has 3 N–H and O–H groups in total. The second kappa shape index (κ2) is 4.97. The minimum absolute atomic E-state index is 0.0350. The lowest BCUT2D eigenvalue weighted by Crippen LogP contribution is -2.24. The second-order valence-corrected chi connectivity index (χ2v) is 4.01. The van der Waals surface area contributed by atoms with Gasteiger partial charge in [0.1, 0.15) is 0 Å². The number of aromatic nitrogens is 2. The predicted molar refractivity (Wildman–Crippen MR) is 68.2 cm³/mol. The summed E-state index contributed by atoms with van der Waals surface area (Å²) >= 11 is 0. The van der Waals surface area contributed by atoms with Crippen LogP contribution in [-0.2, 0) is 11.3 Å². The number of fused-ring (bicyclic) bond motifs is 1. The molecule has 100 valence electrons. The molecule has 0 spiro atoms. The highest BCUT2D eigenvalue weighted by atomic mass is 16.4. The van der Waals surface area contributed by atoms with Gasteiger partial charge in [0.15, 0.2) is 0 Å². The standard InChI is InChI=1S/C12H13N3O4/c1-13-9(16)5-6-15-10-7(11(17)18)3-2-4-8(10)14-12(15)19/h2-4H,5-6H2,1H3,(H,13,16)(H,14,19)(H,17,18). The number of aromatic carboxylic acids is 1. The summed E-state index contributed by atoms with van der Waals surface area (Å²) in [6, 6.07) is 4.61. The Morgan fingerprint density at radius 3 is 2.79 bits per heavy atom. The van der Waals surface area contributed by atoms with Crippen molar-refractivity contribution in [1.29, 1.82) is 0 Å². The minimum Gasteiger partial charge on any atom is -0.478 e. The number of amides is 1. The molecule has 0 saturated heterocycles. The van der Waals surface area contributed by atoms with Gasteiger partial charge in [-0.1, -0.05) is 6.07 Å². The summed E-state index contributed by atoms with van der Waals surface area (Å²) in [7, 11) is 1.50. The van der Waals surface area contributed by atoms with E-state index < -0.39 is 11.7 Å². The van der Waals surface area contributed by atoms with Crippen LogP contribution in [0.25, 0.3) is 11.0 Å². The Bertz CT molecular complexity index is 699. The van der Waals surface area contributed by atoms with Gasteiger partial charge < -0.3 is 15.4 Å². The van der Waals surface area contributed by atoms with Crippen molar-refractivity contribution < 1.29 is 14.7 Å². The number of H-pyrrole nitrogens is 1. The normalized spacial score (nSPS) is 10.6. The second-order valence-electron chi connectivity index (χ2n) is 4.01. The van der Waals surface area contributed by atoms with Crippen molar-refractivity contribution >= 4 is 22.9 Å². The predicted octanol–water partition coefficient (Wildman–Crippen LogP) is 0.164. The van der Waals surface area contributed by atoms with Crippen molar-refractivity contribution in [2.24, 2.45) is 0 Å². The van der Waals surface area contributed by atoms with Crippen LogP contribution in [0.4, 0.5) is 0 Å². The number of nitrogens with zero attached hydrogens (tertiary/aromatic N) is 1. The summed E-state index contributed by atoms with van der Waals surface area (Å²) in [4.78, 5) is 36.8. The third-order valence-electron chi connectivity index (χ3n) is 2.86. The SMILES string of the molecule is CNC(=O)CCn1c(=O)[nH]c2cccc(C(=O)O)c21. The lowest BCUT2D eigenvalue weighted by atomic mass is 10.2. The van der Waals surface area contributed by atoms with E-state index in [4.69, 9.17) is 5.11 Å². The summed E-state index contributed by atoms with van der Waals surface area (Å²) < 4.78 is 1.27. The molecule has 0 saturated carbocycles. The molecule has 0 aliphatic rings. The third kappa shape index (κ3) is 2.35. The molecule has 0 aliphatic carbocycles. The summed E-state index contributed by atoms with van der Waals surface area (Å²) in [6.45, 7) is 0.128. The van der Waals surface area contributed by atoms with Crippen LogP contribution in [0.2, 0.25) is 0 Å². The number of carbonyl (C=O) groups is 2. The van der Waals surface area contributed by atoms with E-state index in [0.717, 1.165) is 0 Å². The van der Waals surface area contributed by atoms with Gasteiger partial charge in [0.25, 0.3) is 0 Å². The van der Waals surface area contributed by atoms with Crippen LogP contribution in [0.3, 0.4) is 0 Å². The van der Waals surface area contributed by atoms with Crippen molar-refractivity contribution in [3.8, 4) is 0 Å². The fourth-order valence-electron chi connectivity index (χ4n) is 1.94. The number of benzene rings is 1. The Balaban J connectivity index is 2.53. The molecule has 2 aromatic rings. The Morgan fingerprint density at radius 1 is 1.42 bits per heavy atom. The van der Waals surface area contributed by atoms with E-state index in [2.05, 4.69) is 10.3 Å². The molecule has 0 radical (unpaired) electrons. The average Bonchev–Trinajstić information content (AvgIpc) is 2.71. The average molecular weight is 263 g/mol. The molecule has 0 unspecified atom stereocenters. The highest BCUT2D eigenvalue weighted by Crippen LogP contribution is 2.16. The zero-order chi connectivity index (χ0) is 14.0. The Hall–Kier alpha value is -2.57. The lowest BCUT2D eigenvalue weighted by Gasteiger charge is -2.05. The van der Waals surface area contributed by atoms with Crippen molar-refractivity contribution in [2.75, 3.05) is 7.05 Å². The van der Waals surface area contributed by atoms with Gasteiger partial charge in [-0.3, -0.25) is 9.36 Å². The maximum Gasteiger partial charge on any atom is 0.337 e. The van der Waals surface area contributed by atoms with E-state index >= 15 is 0 Å². The minimum atomic E-state index is -1.11. The molecule has 1 heterocycles. The van der Waals surface area contributed by atoms with Gasteiger partial charge in [0.05, 0.1) is 16.6 Å². The van der Waals surface area contributed by atoms with Gasteiger partial charge >= 0.3 is 11.7 Å². The Kier molecular flexibility index (Phi) is 3.37. The van der Waals surface area contributed by atoms with Gasteiger partial charge in [-0.05, 0) is 12.1 Å². The zero-order valence-electron chi connectivity index (χ0n) is 10.3. The maximum absolute atomic E-state index is 11.8. The molecule has 0 atom stereocenters. The first-order valence-electron chi connectivity index (χ1n) is 5.70. The van der Waals surface area contributed by atoms with Crippen LogP contribution < -0.4 is 11.0 Å². The topological polar surface area (TPSA) is 104 Å². The molecular weight excluding hydrogens is 250 g/mol. The number of carboxylic acids is 1. The van der Waals surface area contributed by atoms with Gasteiger partial charge in [-0.15, -0.1) is 0 Å². The number of rotatable bonds is 4. The first-order chi connectivity index (χ1) is 9.04. The molecule has 0 fully saturated rings. The summed E-state index contributed by atoms with van der Waals surface area (Å²) in [5.74, 6) is -1.33. The number of hydrogen-bond donors (Lipinski definition) is 3. The van der Waals surface area contributed by atoms with Crippen molar-refractivity contribution in [2.45, 2.75) is 13.0 Å². The van der Waals surface area contributed by atoms with E-state index in [1.807, 2.05) is 0 Å². The zero-order valence-corrected chi connectivity index (χ0v) is 10.3. The van der Waals surface area contributed by atoms with Crippen LogP contribution in [-0.4, -0.2) is 33.6 Å². The number of aromatic amines is 1. The third-order valence-corrected chi connectivity index (χ3v) is 2.86. The highest BCUT2D eigenvalue weighted by molar-refractivity contribution is 6.01. The highest BCUT2D eigenvalue weighted by Gasteiger charge is 2.15. The molecule has 1 aromatic carbocycles. The van der Waals surface area contributed by atoms with E-state index in [0.29, 0.717) is 11.0 Å². The van der Waals surface area contributed by atoms with E-state index in [1.54, 1.807) is 12.1 Å². The molecule has 1 amide bonds. The summed E-state index contributed by atoms with van der Waals surface area (Å²) in [5, 5.41) is 11.6. The van der Waals surface area contributed by atoms with Gasteiger partial charge in [0.2, 0.25) is 5.91 Å². The van der Waals surface area contributed by atoms with Gasteiger partial charge in [-0.2, -0.15) is 0 Å². The Labute approximate surface area is 107 Å². The van der Waals surface area contributed by atoms with Crippen molar-refractivity contribution in [3.63, 3.8) is 0 Å². The Morgan fingerprint density at radius 2 is 2.16 bits per heavy atom.